The smallest absolute Gasteiger partial charge is 0.243 e. The van der Waals surface area contributed by atoms with Crippen LogP contribution in [0.25, 0.3) is 11.8 Å². The molecule has 2 heterocycles. The lowest BCUT2D eigenvalue weighted by Gasteiger charge is -2.44. The maximum atomic E-state index is 14.3. The Labute approximate surface area is 205 Å². The highest BCUT2D eigenvalue weighted by molar-refractivity contribution is 7.89. The van der Waals surface area contributed by atoms with Crippen LogP contribution in [0, 0.1) is 22.9 Å². The van der Waals surface area contributed by atoms with Gasteiger partial charge in [0, 0.05) is 13.1 Å². The van der Waals surface area contributed by atoms with Gasteiger partial charge < -0.3 is 4.74 Å². The SMILES string of the molecule is COc1c(F)cc(S(=O)(=O)N2CCC3=Cc4c(cnn4-c4ccc(F)cc4)C[C@]3(C(C)=O)C2)cc1F. The minimum absolute atomic E-state index is 0.0263. The Morgan fingerprint density at radius 1 is 1.11 bits per heavy atom. The predicted octanol–water partition coefficient (Wildman–Crippen LogP) is 3.91. The first-order chi connectivity index (χ1) is 17.1. The van der Waals surface area contributed by atoms with Crippen LogP contribution in [0.3, 0.4) is 0 Å². The summed E-state index contributed by atoms with van der Waals surface area (Å²) in [5, 5.41) is 4.41. The number of aromatic nitrogens is 2. The molecule has 0 unspecified atom stereocenters. The molecule has 1 fully saturated rings. The summed E-state index contributed by atoms with van der Waals surface area (Å²) in [6, 6.07) is 7.27. The van der Waals surface area contributed by atoms with Crippen molar-refractivity contribution in [1.82, 2.24) is 14.1 Å². The van der Waals surface area contributed by atoms with Gasteiger partial charge in [0.25, 0.3) is 0 Å². The van der Waals surface area contributed by atoms with Crippen LogP contribution in [0.5, 0.6) is 5.75 Å². The molecule has 0 spiro atoms. The highest BCUT2D eigenvalue weighted by Gasteiger charge is 2.49. The molecule has 11 heteroatoms. The van der Waals surface area contributed by atoms with E-state index < -0.39 is 37.7 Å². The molecule has 2 aliphatic rings. The summed E-state index contributed by atoms with van der Waals surface area (Å²) in [6.45, 7) is 1.26. The lowest BCUT2D eigenvalue weighted by Crippen LogP contribution is -2.52. The zero-order valence-electron chi connectivity index (χ0n) is 19.5. The molecule has 3 aromatic rings. The van der Waals surface area contributed by atoms with E-state index in [2.05, 4.69) is 9.84 Å². The molecular formula is C25H22F3N3O4S. The minimum Gasteiger partial charge on any atom is -0.491 e. The normalized spacial score (nSPS) is 19.9. The van der Waals surface area contributed by atoms with E-state index in [1.807, 2.05) is 6.08 Å². The number of hydrogen-bond donors (Lipinski definition) is 0. The number of rotatable bonds is 5. The summed E-state index contributed by atoms with van der Waals surface area (Å²) in [7, 11) is -3.23. The Balaban J connectivity index is 1.52. The van der Waals surface area contributed by atoms with Crippen molar-refractivity contribution in [2.75, 3.05) is 20.2 Å². The van der Waals surface area contributed by atoms with E-state index in [-0.39, 0.29) is 37.5 Å². The van der Waals surface area contributed by atoms with Crippen LogP contribution in [-0.4, -0.2) is 48.5 Å². The molecule has 1 atom stereocenters. The number of carbonyl (C=O) groups excluding carboxylic acids is 1. The van der Waals surface area contributed by atoms with E-state index in [1.54, 1.807) is 23.0 Å². The first kappa shape index (κ1) is 24.3. The lowest BCUT2D eigenvalue weighted by molar-refractivity contribution is -0.125. The predicted molar refractivity (Wildman–Crippen MR) is 125 cm³/mol. The lowest BCUT2D eigenvalue weighted by atomic mass is 9.66. The van der Waals surface area contributed by atoms with Crippen LogP contribution >= 0.6 is 0 Å². The highest BCUT2D eigenvalue weighted by Crippen LogP contribution is 2.46. The largest absolute Gasteiger partial charge is 0.491 e. The second-order valence-corrected chi connectivity index (χ2v) is 10.9. The van der Waals surface area contributed by atoms with Gasteiger partial charge in [-0.1, -0.05) is 5.57 Å². The molecule has 0 amide bonds. The topological polar surface area (TPSA) is 81.5 Å². The van der Waals surface area contributed by atoms with Crippen molar-refractivity contribution in [3.05, 3.63) is 76.9 Å². The monoisotopic (exact) mass is 517 g/mol. The van der Waals surface area contributed by atoms with E-state index in [0.717, 1.165) is 40.4 Å². The van der Waals surface area contributed by atoms with E-state index in [4.69, 9.17) is 0 Å². The standard InChI is InChI=1S/C25H22F3N3O4S/c1-15(32)25-12-16-13-29-31(19-5-3-18(26)4-6-19)23(16)9-17(25)7-8-30(14-25)36(33,34)20-10-21(27)24(35-2)22(28)11-20/h3-6,9-11,13H,7-8,12,14H2,1-2H3/t25-/m1/s1. The average Bonchev–Trinajstić information content (AvgIpc) is 3.24. The van der Waals surface area contributed by atoms with Crippen molar-refractivity contribution in [2.24, 2.45) is 5.41 Å². The first-order valence-electron chi connectivity index (χ1n) is 11.1. The van der Waals surface area contributed by atoms with E-state index in [1.165, 1.54) is 19.1 Å². The number of halogens is 3. The molecule has 0 N–H and O–H groups in total. The molecule has 2 aromatic carbocycles. The van der Waals surface area contributed by atoms with Crippen LogP contribution < -0.4 is 4.74 Å². The van der Waals surface area contributed by atoms with E-state index in [0.29, 0.717) is 5.69 Å². The summed E-state index contributed by atoms with van der Waals surface area (Å²) in [6.07, 6.45) is 3.90. The second kappa shape index (κ2) is 8.59. The maximum absolute atomic E-state index is 14.3. The van der Waals surface area contributed by atoms with Crippen LogP contribution in [0.2, 0.25) is 0 Å². The van der Waals surface area contributed by atoms with Gasteiger partial charge in [0.05, 0.1) is 35.0 Å². The molecule has 1 saturated heterocycles. The summed E-state index contributed by atoms with van der Waals surface area (Å²) in [5.74, 6) is -3.54. The second-order valence-electron chi connectivity index (χ2n) is 8.94. The fourth-order valence-electron chi connectivity index (χ4n) is 5.00. The third-order valence-corrected chi connectivity index (χ3v) is 8.76. The fourth-order valence-corrected chi connectivity index (χ4v) is 6.53. The van der Waals surface area contributed by atoms with Crippen LogP contribution in [0.4, 0.5) is 13.2 Å². The molecule has 36 heavy (non-hydrogen) atoms. The van der Waals surface area contributed by atoms with Crippen molar-refractivity contribution in [3.63, 3.8) is 0 Å². The Bertz CT molecular complexity index is 1490. The number of fused-ring (bicyclic) bond motifs is 2. The highest BCUT2D eigenvalue weighted by atomic mass is 32.2. The number of methoxy groups -OCH3 is 1. The average molecular weight is 518 g/mol. The number of sulfonamides is 1. The Kier molecular flexibility index (Phi) is 5.79. The van der Waals surface area contributed by atoms with Gasteiger partial charge in [-0.2, -0.15) is 9.40 Å². The number of ether oxygens (including phenoxy) is 1. The van der Waals surface area contributed by atoms with Crippen molar-refractivity contribution in [1.29, 1.82) is 0 Å². The summed E-state index contributed by atoms with van der Waals surface area (Å²) < 4.78 is 76.1. The Morgan fingerprint density at radius 3 is 2.39 bits per heavy atom. The van der Waals surface area contributed by atoms with Crippen LogP contribution in [-0.2, 0) is 21.2 Å². The van der Waals surface area contributed by atoms with Crippen molar-refractivity contribution < 1.29 is 31.1 Å². The zero-order chi connectivity index (χ0) is 25.8. The number of benzene rings is 2. The molecule has 7 nitrogen and oxygen atoms in total. The number of Topliss-reactive ketones (excluding diaryl/α,β-unsaturated/α-hetero) is 1. The molecule has 5 rings (SSSR count). The summed E-state index contributed by atoms with van der Waals surface area (Å²) in [5.41, 5.74) is 1.74. The van der Waals surface area contributed by atoms with Gasteiger partial charge in [0.15, 0.2) is 17.4 Å². The first-order valence-corrected chi connectivity index (χ1v) is 12.6. The van der Waals surface area contributed by atoms with E-state index >= 15 is 0 Å². The number of piperidine rings is 1. The molecule has 0 saturated carbocycles. The van der Waals surface area contributed by atoms with Crippen LogP contribution in [0.1, 0.15) is 24.6 Å². The Hall–Kier alpha value is -3.44. The van der Waals surface area contributed by atoms with E-state index in [9.17, 15) is 26.4 Å². The fraction of sp³-hybridized carbons (Fsp3) is 0.280. The molecular weight excluding hydrogens is 495 g/mol. The Morgan fingerprint density at radius 2 is 1.78 bits per heavy atom. The van der Waals surface area contributed by atoms with Gasteiger partial charge >= 0.3 is 0 Å². The number of carbonyl (C=O) groups is 1. The number of ketones is 1. The summed E-state index contributed by atoms with van der Waals surface area (Å²) >= 11 is 0. The third kappa shape index (κ3) is 3.73. The van der Waals surface area contributed by atoms with Gasteiger partial charge in [-0.3, -0.25) is 4.79 Å². The maximum Gasteiger partial charge on any atom is 0.243 e. The minimum atomic E-state index is -4.31. The molecule has 0 radical (unpaired) electrons. The van der Waals surface area contributed by atoms with Crippen LogP contribution in [0.15, 0.2) is 53.1 Å². The molecule has 0 bridgehead atoms. The van der Waals surface area contributed by atoms with Gasteiger partial charge in [0.2, 0.25) is 10.0 Å². The third-order valence-electron chi connectivity index (χ3n) is 6.94. The summed E-state index contributed by atoms with van der Waals surface area (Å²) in [4.78, 5) is 12.5. The number of nitrogens with zero attached hydrogens (tertiary/aromatic N) is 3. The van der Waals surface area contributed by atoms with Gasteiger partial charge in [-0.15, -0.1) is 0 Å². The molecule has 1 aliphatic heterocycles. The van der Waals surface area contributed by atoms with Gasteiger partial charge in [0.1, 0.15) is 11.6 Å². The quantitative estimate of drug-likeness (QED) is 0.513. The van der Waals surface area contributed by atoms with Crippen molar-refractivity contribution in [2.45, 2.75) is 24.7 Å². The molecule has 1 aliphatic carbocycles. The number of hydrogen-bond acceptors (Lipinski definition) is 5. The molecule has 1 aromatic heterocycles. The van der Waals surface area contributed by atoms with Crippen molar-refractivity contribution >= 4 is 21.9 Å². The molecule has 188 valence electrons. The zero-order valence-corrected chi connectivity index (χ0v) is 20.3. The van der Waals surface area contributed by atoms with Crippen molar-refractivity contribution in [3.8, 4) is 11.4 Å². The van der Waals surface area contributed by atoms with Gasteiger partial charge in [-0.25, -0.2) is 26.3 Å². The van der Waals surface area contributed by atoms with Gasteiger partial charge in [-0.05, 0) is 67.8 Å².